The van der Waals surface area contributed by atoms with E-state index in [-0.39, 0.29) is 17.2 Å². The molecule has 3 aliphatic rings. The van der Waals surface area contributed by atoms with Crippen LogP contribution in [0.5, 0.6) is 0 Å². The number of ketones is 1. The standard InChI is InChI=1S/C28H47N5O5/c1-8-17-13-28(17)14-19(23(36)30-18(20(34)22(29)35)12-16-10-9-11-16)33(15-28)24(37)21(26(2,3)4)31-25(38)32-27(5,6)7/h16-19,21H,8-15H2,1-7H3,(H2,29,35)(H,30,36)(H2,31,32,38)/t17?,18?,19-,21+,28-/m0/s1. The van der Waals surface area contributed by atoms with Gasteiger partial charge in [-0.05, 0) is 62.7 Å². The van der Waals surface area contributed by atoms with E-state index in [0.29, 0.717) is 25.3 Å². The predicted octanol–water partition coefficient (Wildman–Crippen LogP) is 2.25. The van der Waals surface area contributed by atoms with Crippen LogP contribution >= 0.6 is 0 Å². The van der Waals surface area contributed by atoms with Gasteiger partial charge in [0.1, 0.15) is 12.1 Å². The highest BCUT2D eigenvalue weighted by Crippen LogP contribution is 2.61. The average Bonchev–Trinajstić information content (AvgIpc) is 3.29. The molecule has 2 saturated carbocycles. The van der Waals surface area contributed by atoms with E-state index in [4.69, 9.17) is 5.73 Å². The third-order valence-electron chi connectivity index (χ3n) is 8.45. The van der Waals surface area contributed by atoms with Gasteiger partial charge in [0.05, 0.1) is 6.04 Å². The van der Waals surface area contributed by atoms with Crippen molar-refractivity contribution in [3.8, 4) is 0 Å². The van der Waals surface area contributed by atoms with Crippen LogP contribution in [-0.4, -0.2) is 64.6 Å². The Balaban J connectivity index is 1.84. The number of carbonyl (C=O) groups excluding carboxylic acids is 5. The number of nitrogens with zero attached hydrogens (tertiary/aromatic N) is 1. The van der Waals surface area contributed by atoms with Gasteiger partial charge in [-0.25, -0.2) is 4.79 Å². The first-order chi connectivity index (χ1) is 17.5. The minimum Gasteiger partial charge on any atom is -0.363 e. The van der Waals surface area contributed by atoms with Crippen LogP contribution in [-0.2, 0) is 19.2 Å². The van der Waals surface area contributed by atoms with E-state index < -0.39 is 52.7 Å². The molecule has 38 heavy (non-hydrogen) atoms. The van der Waals surface area contributed by atoms with Gasteiger partial charge in [-0.3, -0.25) is 19.2 Å². The second-order valence-electron chi connectivity index (χ2n) is 13.8. The Labute approximate surface area is 226 Å². The summed E-state index contributed by atoms with van der Waals surface area (Å²) in [4.78, 5) is 66.3. The van der Waals surface area contributed by atoms with E-state index in [9.17, 15) is 24.0 Å². The van der Waals surface area contributed by atoms with Crippen molar-refractivity contribution in [2.75, 3.05) is 6.54 Å². The molecule has 0 radical (unpaired) electrons. The summed E-state index contributed by atoms with van der Waals surface area (Å²) >= 11 is 0. The summed E-state index contributed by atoms with van der Waals surface area (Å²) in [5.41, 5.74) is 4.05. The van der Waals surface area contributed by atoms with Crippen LogP contribution in [0, 0.1) is 22.7 Å². The molecule has 3 rings (SSSR count). The minimum atomic E-state index is -1.07. The Hall–Kier alpha value is -2.65. The van der Waals surface area contributed by atoms with Crippen molar-refractivity contribution in [3.63, 3.8) is 0 Å². The molecular weight excluding hydrogens is 486 g/mol. The molecule has 214 valence electrons. The molecule has 0 aromatic carbocycles. The Morgan fingerprint density at radius 3 is 2.08 bits per heavy atom. The Morgan fingerprint density at radius 2 is 1.63 bits per heavy atom. The van der Waals surface area contributed by atoms with Crippen LogP contribution in [0.3, 0.4) is 0 Å². The number of rotatable bonds is 9. The average molecular weight is 534 g/mol. The summed E-state index contributed by atoms with van der Waals surface area (Å²) in [5, 5.41) is 8.48. The molecule has 0 bridgehead atoms. The molecule has 5 atom stereocenters. The molecule has 1 heterocycles. The molecule has 1 spiro atoms. The van der Waals surface area contributed by atoms with Gasteiger partial charge >= 0.3 is 6.03 Å². The predicted molar refractivity (Wildman–Crippen MR) is 144 cm³/mol. The maximum Gasteiger partial charge on any atom is 0.315 e. The third-order valence-corrected chi connectivity index (χ3v) is 8.45. The lowest BCUT2D eigenvalue weighted by Gasteiger charge is -2.36. The number of likely N-dealkylation sites (tertiary alicyclic amines) is 1. The lowest BCUT2D eigenvalue weighted by Crippen LogP contribution is -2.61. The second-order valence-corrected chi connectivity index (χ2v) is 13.8. The van der Waals surface area contributed by atoms with Gasteiger partial charge in [-0.15, -0.1) is 0 Å². The molecule has 1 saturated heterocycles. The van der Waals surface area contributed by atoms with Crippen LogP contribution in [0.25, 0.3) is 0 Å². The van der Waals surface area contributed by atoms with E-state index in [1.807, 2.05) is 41.5 Å². The van der Waals surface area contributed by atoms with Gasteiger partial charge in [0.25, 0.3) is 5.91 Å². The van der Waals surface area contributed by atoms with Gasteiger partial charge in [0.2, 0.25) is 17.6 Å². The summed E-state index contributed by atoms with van der Waals surface area (Å²) in [6.45, 7) is 13.7. The maximum atomic E-state index is 14.0. The highest BCUT2D eigenvalue weighted by molar-refractivity contribution is 6.37. The van der Waals surface area contributed by atoms with Crippen molar-refractivity contribution >= 4 is 29.5 Å². The molecule has 0 aromatic heterocycles. The smallest absolute Gasteiger partial charge is 0.315 e. The molecule has 2 unspecified atom stereocenters. The summed E-state index contributed by atoms with van der Waals surface area (Å²) < 4.78 is 0. The first kappa shape index (κ1) is 29.9. The van der Waals surface area contributed by atoms with Crippen LogP contribution < -0.4 is 21.7 Å². The number of hydrogen-bond acceptors (Lipinski definition) is 5. The number of amides is 5. The zero-order valence-electron chi connectivity index (χ0n) is 24.1. The minimum absolute atomic E-state index is 0.139. The fourth-order valence-electron chi connectivity index (χ4n) is 5.98. The summed E-state index contributed by atoms with van der Waals surface area (Å²) in [7, 11) is 0. The Bertz CT molecular complexity index is 964. The molecule has 1 aliphatic heterocycles. The highest BCUT2D eigenvalue weighted by Gasteiger charge is 2.62. The summed E-state index contributed by atoms with van der Waals surface area (Å²) in [5.74, 6) is -1.96. The zero-order valence-corrected chi connectivity index (χ0v) is 24.1. The van der Waals surface area contributed by atoms with Crippen molar-refractivity contribution in [1.29, 1.82) is 0 Å². The quantitative estimate of drug-likeness (QED) is 0.335. The van der Waals surface area contributed by atoms with E-state index >= 15 is 0 Å². The first-order valence-electron chi connectivity index (χ1n) is 14.0. The lowest BCUT2D eigenvalue weighted by molar-refractivity contribution is -0.143. The fraction of sp³-hybridized carbons (Fsp3) is 0.821. The topological polar surface area (TPSA) is 151 Å². The van der Waals surface area contributed by atoms with Crippen LogP contribution in [0.15, 0.2) is 0 Å². The molecule has 0 aromatic rings. The van der Waals surface area contributed by atoms with Gasteiger partial charge in [-0.2, -0.15) is 0 Å². The summed E-state index contributed by atoms with van der Waals surface area (Å²) in [6.07, 6.45) is 5.71. The normalized spacial score (nSPS) is 26.8. The molecule has 5 amide bonds. The number of hydrogen-bond donors (Lipinski definition) is 4. The Kier molecular flexibility index (Phi) is 8.53. The van der Waals surface area contributed by atoms with Crippen molar-refractivity contribution in [2.45, 2.75) is 117 Å². The lowest BCUT2D eigenvalue weighted by atomic mass is 9.80. The van der Waals surface area contributed by atoms with E-state index in [2.05, 4.69) is 22.9 Å². The van der Waals surface area contributed by atoms with E-state index in [0.717, 1.165) is 32.1 Å². The third kappa shape index (κ3) is 6.86. The number of carbonyl (C=O) groups is 5. The number of Topliss-reactive ketones (excluding diaryl/α,β-unsaturated/α-hetero) is 1. The number of primary amides is 1. The van der Waals surface area contributed by atoms with Gasteiger partial charge in [0, 0.05) is 12.1 Å². The van der Waals surface area contributed by atoms with Crippen molar-refractivity contribution in [2.24, 2.45) is 28.4 Å². The molecular formula is C28H47N5O5. The second kappa shape index (κ2) is 10.8. The SMILES string of the molecule is CCC1C[C@@]12C[C@@H](C(=O)NC(CC1CCC1)C(=O)C(N)=O)N(C(=O)[C@@H](NC(=O)NC(C)(C)C)C(C)(C)C)C2. The van der Waals surface area contributed by atoms with Crippen molar-refractivity contribution < 1.29 is 24.0 Å². The zero-order chi connectivity index (χ0) is 28.6. The molecule has 10 nitrogen and oxygen atoms in total. The number of nitrogens with two attached hydrogens (primary N) is 1. The van der Waals surface area contributed by atoms with Crippen molar-refractivity contribution in [1.82, 2.24) is 20.9 Å². The van der Waals surface area contributed by atoms with Crippen LogP contribution in [0.1, 0.15) is 93.4 Å². The van der Waals surface area contributed by atoms with Gasteiger partial charge in [-0.1, -0.05) is 53.4 Å². The largest absolute Gasteiger partial charge is 0.363 e. The van der Waals surface area contributed by atoms with Crippen LogP contribution in [0.2, 0.25) is 0 Å². The van der Waals surface area contributed by atoms with Crippen LogP contribution in [0.4, 0.5) is 4.79 Å². The molecule has 10 heteroatoms. The Morgan fingerprint density at radius 1 is 1.00 bits per heavy atom. The van der Waals surface area contributed by atoms with E-state index in [1.54, 1.807) is 4.90 Å². The maximum absolute atomic E-state index is 14.0. The number of nitrogens with one attached hydrogen (secondary N) is 3. The summed E-state index contributed by atoms with van der Waals surface area (Å²) in [6, 6.07) is -3.10. The monoisotopic (exact) mass is 533 g/mol. The molecule has 5 N–H and O–H groups in total. The first-order valence-corrected chi connectivity index (χ1v) is 14.0. The molecule has 2 aliphatic carbocycles. The molecule has 3 fully saturated rings. The van der Waals surface area contributed by atoms with Gasteiger partial charge in [0.15, 0.2) is 0 Å². The van der Waals surface area contributed by atoms with Gasteiger partial charge < -0.3 is 26.6 Å². The number of urea groups is 1. The fourth-order valence-corrected chi connectivity index (χ4v) is 5.98. The van der Waals surface area contributed by atoms with E-state index in [1.165, 1.54) is 0 Å². The van der Waals surface area contributed by atoms with Crippen molar-refractivity contribution in [3.05, 3.63) is 0 Å². The highest BCUT2D eigenvalue weighted by atomic mass is 16.2.